The average Bonchev–Trinajstić information content (AvgIpc) is 3.50. The van der Waals surface area contributed by atoms with Crippen molar-refractivity contribution in [2.24, 2.45) is 10.8 Å². The van der Waals surface area contributed by atoms with Crippen LogP contribution in [0.4, 0.5) is 23.9 Å². The van der Waals surface area contributed by atoms with E-state index in [1.54, 1.807) is 18.0 Å². The van der Waals surface area contributed by atoms with Gasteiger partial charge < -0.3 is 15.5 Å². The van der Waals surface area contributed by atoms with E-state index in [4.69, 9.17) is 5.73 Å². The first-order valence-electron chi connectivity index (χ1n) is 11.9. The summed E-state index contributed by atoms with van der Waals surface area (Å²) in [6.07, 6.45) is 4.46. The lowest BCUT2D eigenvalue weighted by Crippen LogP contribution is -2.52. The van der Waals surface area contributed by atoms with Gasteiger partial charge in [0.05, 0.1) is 17.9 Å². The van der Waals surface area contributed by atoms with Crippen molar-refractivity contribution in [3.63, 3.8) is 0 Å². The molecule has 2 N–H and O–H groups in total. The number of rotatable bonds is 5. The van der Waals surface area contributed by atoms with Crippen molar-refractivity contribution >= 4 is 24.1 Å². The molecular formula is C24H24F3N9O2. The van der Waals surface area contributed by atoms with Crippen LogP contribution < -0.4 is 10.6 Å². The van der Waals surface area contributed by atoms with E-state index in [0.717, 1.165) is 12.3 Å². The Bertz CT molecular complexity index is 1400. The van der Waals surface area contributed by atoms with E-state index in [1.165, 1.54) is 28.0 Å². The zero-order chi connectivity index (χ0) is 27.0. The third kappa shape index (κ3) is 5.01. The maximum atomic E-state index is 14.7. The second-order valence-electron chi connectivity index (χ2n) is 9.01. The Hall–Kier alpha value is -4.49. The molecule has 11 nitrogen and oxygen atoms in total. The van der Waals surface area contributed by atoms with Crippen LogP contribution in [-0.4, -0.2) is 74.0 Å². The molecule has 0 saturated carbocycles. The highest BCUT2D eigenvalue weighted by Crippen LogP contribution is 2.31. The number of nitrogens with two attached hydrogens (primary N) is 1. The standard InChI is InChI=1S/C24H24F3N9O2/c1-14-18(12-35(32-14)13-21(28)37)22-19(27)11-29-23(31-22)33-4-6-34(7-5-33)24(38)36-20(2-3-30-36)15-8-16(25)10-17(26)9-15/h3,8-12,20H,2,4-7,13H2,1H3,(H2,28,37). The first-order chi connectivity index (χ1) is 18.2. The minimum absolute atomic E-state index is 0.0401. The highest BCUT2D eigenvalue weighted by atomic mass is 19.1. The van der Waals surface area contributed by atoms with Crippen molar-refractivity contribution in [3.8, 4) is 11.3 Å². The van der Waals surface area contributed by atoms with E-state index in [1.807, 2.05) is 4.90 Å². The third-order valence-electron chi connectivity index (χ3n) is 6.38. The quantitative estimate of drug-likeness (QED) is 0.543. The van der Waals surface area contributed by atoms with E-state index in [9.17, 15) is 22.8 Å². The molecule has 1 atom stereocenters. The fraction of sp³-hybridized carbons (Fsp3) is 0.333. The summed E-state index contributed by atoms with van der Waals surface area (Å²) in [7, 11) is 0. The van der Waals surface area contributed by atoms with Crippen LogP contribution in [0.15, 0.2) is 35.7 Å². The number of aromatic nitrogens is 4. The van der Waals surface area contributed by atoms with Crippen LogP contribution in [0.3, 0.4) is 0 Å². The van der Waals surface area contributed by atoms with Gasteiger partial charge in [0.15, 0.2) is 5.82 Å². The topological polar surface area (TPSA) is 126 Å². The number of anilines is 1. The number of aryl methyl sites for hydroxylation is 1. The molecule has 14 heteroatoms. The van der Waals surface area contributed by atoms with Crippen LogP contribution in [0.2, 0.25) is 0 Å². The monoisotopic (exact) mass is 527 g/mol. The SMILES string of the molecule is Cc1nn(CC(N)=O)cc1-c1nc(N2CCN(C(=O)N3N=CCC3c3cc(F)cc(F)c3)CC2)ncc1F. The molecule has 5 rings (SSSR count). The lowest BCUT2D eigenvalue weighted by molar-refractivity contribution is -0.118. The van der Waals surface area contributed by atoms with Gasteiger partial charge in [-0.2, -0.15) is 10.2 Å². The molecule has 0 radical (unpaired) electrons. The number of urea groups is 1. The molecule has 4 heterocycles. The molecule has 38 heavy (non-hydrogen) atoms. The van der Waals surface area contributed by atoms with Crippen LogP contribution in [0.25, 0.3) is 11.3 Å². The van der Waals surface area contributed by atoms with Crippen molar-refractivity contribution in [3.05, 3.63) is 59.3 Å². The molecule has 2 aromatic heterocycles. The molecule has 0 bridgehead atoms. The fourth-order valence-corrected chi connectivity index (χ4v) is 4.58. The highest BCUT2D eigenvalue weighted by Gasteiger charge is 2.34. The predicted molar refractivity (Wildman–Crippen MR) is 130 cm³/mol. The predicted octanol–water partition coefficient (Wildman–Crippen LogP) is 2.23. The molecule has 2 aliphatic heterocycles. The number of piperazine rings is 1. The summed E-state index contributed by atoms with van der Waals surface area (Å²) in [5, 5.41) is 9.57. The van der Waals surface area contributed by atoms with Gasteiger partial charge in [0.25, 0.3) is 0 Å². The Balaban J connectivity index is 1.28. The second-order valence-corrected chi connectivity index (χ2v) is 9.01. The Morgan fingerprint density at radius 1 is 1.08 bits per heavy atom. The van der Waals surface area contributed by atoms with Crippen molar-refractivity contribution in [2.75, 3.05) is 31.1 Å². The van der Waals surface area contributed by atoms with Gasteiger partial charge in [0, 0.05) is 56.6 Å². The summed E-state index contributed by atoms with van der Waals surface area (Å²) in [6.45, 7) is 2.87. The average molecular weight is 528 g/mol. The van der Waals surface area contributed by atoms with Gasteiger partial charge in [-0.25, -0.2) is 32.9 Å². The van der Waals surface area contributed by atoms with Crippen LogP contribution >= 0.6 is 0 Å². The number of carbonyl (C=O) groups excluding carboxylic acids is 2. The molecule has 198 valence electrons. The molecule has 1 aromatic carbocycles. The Morgan fingerprint density at radius 2 is 1.79 bits per heavy atom. The van der Waals surface area contributed by atoms with Gasteiger partial charge in [-0.15, -0.1) is 0 Å². The van der Waals surface area contributed by atoms with E-state index >= 15 is 0 Å². The van der Waals surface area contributed by atoms with E-state index < -0.39 is 29.4 Å². The first-order valence-corrected chi connectivity index (χ1v) is 11.9. The highest BCUT2D eigenvalue weighted by molar-refractivity contribution is 5.79. The number of hydrazone groups is 1. The number of carbonyl (C=O) groups is 2. The van der Waals surface area contributed by atoms with Gasteiger partial charge in [-0.1, -0.05) is 0 Å². The lowest BCUT2D eigenvalue weighted by Gasteiger charge is -2.37. The van der Waals surface area contributed by atoms with E-state index in [-0.39, 0.29) is 24.2 Å². The Kier molecular flexibility index (Phi) is 6.70. The van der Waals surface area contributed by atoms with Crippen molar-refractivity contribution < 1.29 is 22.8 Å². The Labute approximate surface area is 215 Å². The smallest absolute Gasteiger partial charge is 0.341 e. The molecule has 0 spiro atoms. The number of hydrogen-bond acceptors (Lipinski definition) is 7. The third-order valence-corrected chi connectivity index (χ3v) is 6.38. The van der Waals surface area contributed by atoms with Gasteiger partial charge in [-0.3, -0.25) is 9.48 Å². The number of nitrogens with zero attached hydrogens (tertiary/aromatic N) is 8. The number of hydrogen-bond donors (Lipinski definition) is 1. The van der Waals surface area contributed by atoms with E-state index in [2.05, 4.69) is 20.2 Å². The molecule has 0 aliphatic carbocycles. The normalized spacial score (nSPS) is 17.4. The summed E-state index contributed by atoms with van der Waals surface area (Å²) in [5.74, 6) is -2.38. The fourth-order valence-electron chi connectivity index (χ4n) is 4.58. The van der Waals surface area contributed by atoms with Gasteiger partial charge in [0.1, 0.15) is 23.9 Å². The molecule has 1 unspecified atom stereocenters. The van der Waals surface area contributed by atoms with Crippen LogP contribution in [0.5, 0.6) is 0 Å². The summed E-state index contributed by atoms with van der Waals surface area (Å²) >= 11 is 0. The van der Waals surface area contributed by atoms with Gasteiger partial charge >= 0.3 is 6.03 Å². The van der Waals surface area contributed by atoms with Gasteiger partial charge in [-0.05, 0) is 24.6 Å². The van der Waals surface area contributed by atoms with Crippen LogP contribution in [0, 0.1) is 24.4 Å². The summed E-state index contributed by atoms with van der Waals surface area (Å²) in [6, 6.07) is 2.19. The molecular weight excluding hydrogens is 503 g/mol. The maximum absolute atomic E-state index is 14.7. The molecule has 3 amide bonds. The van der Waals surface area contributed by atoms with Crippen molar-refractivity contribution in [1.82, 2.24) is 29.7 Å². The zero-order valence-electron chi connectivity index (χ0n) is 20.4. The number of primary amides is 1. The number of benzene rings is 1. The van der Waals surface area contributed by atoms with Crippen LogP contribution in [-0.2, 0) is 11.3 Å². The molecule has 1 fully saturated rings. The lowest BCUT2D eigenvalue weighted by atomic mass is 10.0. The van der Waals surface area contributed by atoms with Crippen LogP contribution in [0.1, 0.15) is 23.7 Å². The summed E-state index contributed by atoms with van der Waals surface area (Å²) < 4.78 is 43.5. The molecule has 3 aromatic rings. The van der Waals surface area contributed by atoms with Gasteiger partial charge in [0.2, 0.25) is 11.9 Å². The van der Waals surface area contributed by atoms with E-state index in [0.29, 0.717) is 49.4 Å². The summed E-state index contributed by atoms with van der Waals surface area (Å²) in [5.41, 5.74) is 6.47. The molecule has 1 saturated heterocycles. The maximum Gasteiger partial charge on any atom is 0.341 e. The Morgan fingerprint density at radius 3 is 2.47 bits per heavy atom. The van der Waals surface area contributed by atoms with Crippen molar-refractivity contribution in [2.45, 2.75) is 25.9 Å². The zero-order valence-corrected chi connectivity index (χ0v) is 20.4. The number of halogens is 3. The molecule has 2 aliphatic rings. The summed E-state index contributed by atoms with van der Waals surface area (Å²) in [4.78, 5) is 36.3. The minimum atomic E-state index is -0.720. The number of amides is 3. The van der Waals surface area contributed by atoms with Crippen molar-refractivity contribution in [1.29, 1.82) is 0 Å². The minimum Gasteiger partial charge on any atom is -0.368 e. The first kappa shape index (κ1) is 25.2. The largest absolute Gasteiger partial charge is 0.368 e. The second kappa shape index (κ2) is 10.1.